The molecule has 3 nitrogen and oxygen atoms in total. The molecule has 19 heavy (non-hydrogen) atoms. The van der Waals surface area contributed by atoms with Crippen LogP contribution in [0, 0.1) is 0 Å². The highest BCUT2D eigenvalue weighted by atomic mass is 16.5. The molecule has 0 aromatic heterocycles. The molecule has 3 heteroatoms. The van der Waals surface area contributed by atoms with Crippen LogP contribution in [-0.4, -0.2) is 44.2 Å². The fourth-order valence-electron chi connectivity index (χ4n) is 2.80. The molecule has 1 unspecified atom stereocenters. The summed E-state index contributed by atoms with van der Waals surface area (Å²) in [4.78, 5) is 2.63. The molecule has 0 saturated carbocycles. The van der Waals surface area contributed by atoms with Crippen LogP contribution in [-0.2, 0) is 6.42 Å². The minimum atomic E-state index is 0.734. The largest absolute Gasteiger partial charge is 0.497 e. The number of hydrogen-bond acceptors (Lipinski definition) is 3. The molecule has 1 heterocycles. The van der Waals surface area contributed by atoms with Gasteiger partial charge in [0.2, 0.25) is 0 Å². The van der Waals surface area contributed by atoms with Gasteiger partial charge in [-0.05, 0) is 50.0 Å². The van der Waals surface area contributed by atoms with E-state index in [0.717, 1.165) is 31.3 Å². The van der Waals surface area contributed by atoms with Gasteiger partial charge in [-0.25, -0.2) is 0 Å². The van der Waals surface area contributed by atoms with Gasteiger partial charge in [0.1, 0.15) is 5.75 Å². The summed E-state index contributed by atoms with van der Waals surface area (Å²) in [6.07, 6.45) is 3.82. The summed E-state index contributed by atoms with van der Waals surface area (Å²) >= 11 is 0. The lowest BCUT2D eigenvalue weighted by Gasteiger charge is -2.24. The monoisotopic (exact) mass is 262 g/mol. The van der Waals surface area contributed by atoms with Crippen LogP contribution in [0.2, 0.25) is 0 Å². The first-order valence-electron chi connectivity index (χ1n) is 7.41. The predicted octanol–water partition coefficient (Wildman–Crippen LogP) is 2.31. The Hall–Kier alpha value is -1.06. The van der Waals surface area contributed by atoms with Crippen molar-refractivity contribution in [3.05, 3.63) is 29.8 Å². The number of rotatable bonds is 7. The van der Waals surface area contributed by atoms with E-state index in [2.05, 4.69) is 41.4 Å². The highest BCUT2D eigenvalue weighted by Gasteiger charge is 2.23. The van der Waals surface area contributed by atoms with Crippen molar-refractivity contribution in [2.75, 3.05) is 33.3 Å². The summed E-state index contributed by atoms with van der Waals surface area (Å²) in [7, 11) is 1.71. The van der Waals surface area contributed by atoms with Gasteiger partial charge in [-0.1, -0.05) is 19.1 Å². The van der Waals surface area contributed by atoms with Gasteiger partial charge in [0.25, 0.3) is 0 Å². The Kier molecular flexibility index (Phi) is 5.67. The zero-order valence-electron chi connectivity index (χ0n) is 12.2. The Morgan fingerprint density at radius 1 is 1.32 bits per heavy atom. The van der Waals surface area contributed by atoms with E-state index in [1.165, 1.54) is 31.5 Å². The Morgan fingerprint density at radius 3 is 2.79 bits per heavy atom. The minimum Gasteiger partial charge on any atom is -0.497 e. The first kappa shape index (κ1) is 14.4. The quantitative estimate of drug-likeness (QED) is 0.816. The van der Waals surface area contributed by atoms with Gasteiger partial charge in [-0.15, -0.1) is 0 Å². The molecule has 1 atom stereocenters. The van der Waals surface area contributed by atoms with Gasteiger partial charge >= 0.3 is 0 Å². The average Bonchev–Trinajstić information content (AvgIpc) is 2.91. The fourth-order valence-corrected chi connectivity index (χ4v) is 2.80. The number of ether oxygens (including phenoxy) is 1. The van der Waals surface area contributed by atoms with Crippen LogP contribution in [0.25, 0.3) is 0 Å². The number of nitrogens with zero attached hydrogens (tertiary/aromatic N) is 1. The van der Waals surface area contributed by atoms with Crippen LogP contribution < -0.4 is 10.1 Å². The van der Waals surface area contributed by atoms with Gasteiger partial charge < -0.3 is 10.1 Å². The SMILES string of the molecule is CCNCC1CCCN1CCc1ccc(OC)cc1. The molecular weight excluding hydrogens is 236 g/mol. The van der Waals surface area contributed by atoms with Crippen molar-refractivity contribution < 1.29 is 4.74 Å². The lowest BCUT2D eigenvalue weighted by atomic mass is 10.1. The normalized spacial score (nSPS) is 19.8. The standard InChI is InChI=1S/C16H26N2O/c1-3-17-13-15-5-4-11-18(15)12-10-14-6-8-16(19-2)9-7-14/h6-9,15,17H,3-5,10-13H2,1-2H3. The summed E-state index contributed by atoms with van der Waals surface area (Å²) < 4.78 is 5.19. The van der Waals surface area contributed by atoms with Crippen molar-refractivity contribution in [3.63, 3.8) is 0 Å². The van der Waals surface area contributed by atoms with E-state index in [1.54, 1.807) is 7.11 Å². The van der Waals surface area contributed by atoms with E-state index < -0.39 is 0 Å². The van der Waals surface area contributed by atoms with Crippen LogP contribution in [0.4, 0.5) is 0 Å². The molecule has 0 amide bonds. The fraction of sp³-hybridized carbons (Fsp3) is 0.625. The molecule has 1 aromatic carbocycles. The smallest absolute Gasteiger partial charge is 0.118 e. The Bertz CT molecular complexity index is 364. The van der Waals surface area contributed by atoms with Crippen LogP contribution in [0.5, 0.6) is 5.75 Å². The van der Waals surface area contributed by atoms with E-state index in [4.69, 9.17) is 4.74 Å². The summed E-state index contributed by atoms with van der Waals surface area (Å²) in [6.45, 7) is 6.81. The molecular formula is C16H26N2O. The highest BCUT2D eigenvalue weighted by molar-refractivity contribution is 5.27. The van der Waals surface area contributed by atoms with Crippen LogP contribution >= 0.6 is 0 Å². The number of likely N-dealkylation sites (N-methyl/N-ethyl adjacent to an activating group) is 1. The third kappa shape index (κ3) is 4.22. The lowest BCUT2D eigenvalue weighted by molar-refractivity contribution is 0.251. The zero-order chi connectivity index (χ0) is 13.5. The second-order valence-corrected chi connectivity index (χ2v) is 5.24. The first-order valence-corrected chi connectivity index (χ1v) is 7.41. The summed E-state index contributed by atoms with van der Waals surface area (Å²) in [5, 5.41) is 3.48. The van der Waals surface area contributed by atoms with Gasteiger partial charge in [-0.3, -0.25) is 4.90 Å². The van der Waals surface area contributed by atoms with Crippen molar-refractivity contribution in [1.82, 2.24) is 10.2 Å². The molecule has 0 bridgehead atoms. The first-order chi connectivity index (χ1) is 9.33. The van der Waals surface area contributed by atoms with Gasteiger partial charge in [-0.2, -0.15) is 0 Å². The van der Waals surface area contributed by atoms with Gasteiger partial charge in [0, 0.05) is 19.1 Å². The summed E-state index contributed by atoms with van der Waals surface area (Å²) in [6, 6.07) is 9.19. The molecule has 1 aliphatic rings. The van der Waals surface area contributed by atoms with Crippen LogP contribution in [0.3, 0.4) is 0 Å². The number of benzene rings is 1. The molecule has 1 aliphatic heterocycles. The third-order valence-electron chi connectivity index (χ3n) is 3.98. The maximum absolute atomic E-state index is 5.19. The molecule has 2 rings (SSSR count). The minimum absolute atomic E-state index is 0.734. The maximum atomic E-state index is 5.19. The van der Waals surface area contributed by atoms with E-state index in [9.17, 15) is 0 Å². The van der Waals surface area contributed by atoms with Gasteiger partial charge in [0.05, 0.1) is 7.11 Å². The van der Waals surface area contributed by atoms with Gasteiger partial charge in [0.15, 0.2) is 0 Å². The number of methoxy groups -OCH3 is 1. The Morgan fingerprint density at radius 2 is 2.11 bits per heavy atom. The Labute approximate surface area is 116 Å². The zero-order valence-corrected chi connectivity index (χ0v) is 12.2. The molecule has 1 fully saturated rings. The second-order valence-electron chi connectivity index (χ2n) is 5.24. The second kappa shape index (κ2) is 7.51. The Balaban J connectivity index is 1.80. The molecule has 0 aliphatic carbocycles. The van der Waals surface area contributed by atoms with Crippen molar-refractivity contribution in [1.29, 1.82) is 0 Å². The number of hydrogen-bond donors (Lipinski definition) is 1. The van der Waals surface area contributed by atoms with Crippen LogP contribution in [0.15, 0.2) is 24.3 Å². The van der Waals surface area contributed by atoms with Crippen molar-refractivity contribution in [3.8, 4) is 5.75 Å². The summed E-state index contributed by atoms with van der Waals surface area (Å²) in [5.41, 5.74) is 1.40. The lowest BCUT2D eigenvalue weighted by Crippen LogP contribution is -2.38. The third-order valence-corrected chi connectivity index (χ3v) is 3.98. The van der Waals surface area contributed by atoms with Crippen molar-refractivity contribution in [2.24, 2.45) is 0 Å². The van der Waals surface area contributed by atoms with Crippen molar-refractivity contribution >= 4 is 0 Å². The molecule has 0 radical (unpaired) electrons. The summed E-state index contributed by atoms with van der Waals surface area (Å²) in [5.74, 6) is 0.940. The van der Waals surface area contributed by atoms with E-state index >= 15 is 0 Å². The maximum Gasteiger partial charge on any atom is 0.118 e. The van der Waals surface area contributed by atoms with E-state index in [1.807, 2.05) is 0 Å². The number of nitrogens with one attached hydrogen (secondary N) is 1. The van der Waals surface area contributed by atoms with E-state index in [0.29, 0.717) is 0 Å². The molecule has 1 N–H and O–H groups in total. The molecule has 1 saturated heterocycles. The molecule has 1 aromatic rings. The highest BCUT2D eigenvalue weighted by Crippen LogP contribution is 2.18. The average molecular weight is 262 g/mol. The topological polar surface area (TPSA) is 24.5 Å². The predicted molar refractivity (Wildman–Crippen MR) is 79.8 cm³/mol. The number of likely N-dealkylation sites (tertiary alicyclic amines) is 1. The molecule has 0 spiro atoms. The van der Waals surface area contributed by atoms with Crippen LogP contribution in [0.1, 0.15) is 25.3 Å². The van der Waals surface area contributed by atoms with Crippen molar-refractivity contribution in [2.45, 2.75) is 32.2 Å². The van der Waals surface area contributed by atoms with E-state index in [-0.39, 0.29) is 0 Å². The molecule has 106 valence electrons.